The zero-order chi connectivity index (χ0) is 19.7. The van der Waals surface area contributed by atoms with Gasteiger partial charge in [-0.05, 0) is 60.6 Å². The maximum atomic E-state index is 15.2. The number of fused-ring (bicyclic) bond motifs is 1. The minimum Gasteiger partial charge on any atom is -0.506 e. The molecule has 2 aromatic carbocycles. The van der Waals surface area contributed by atoms with Crippen LogP contribution in [0, 0.1) is 17.2 Å². The number of nitrogens with one attached hydrogen (secondary N) is 1. The van der Waals surface area contributed by atoms with Crippen molar-refractivity contribution < 1.29 is 27.4 Å². The van der Waals surface area contributed by atoms with E-state index >= 15 is 4.39 Å². The number of carbonyl (C=O) groups excluding carboxylic acids is 1. The van der Waals surface area contributed by atoms with Crippen molar-refractivity contribution in [3.05, 3.63) is 30.1 Å². The number of hydrogen-bond donors (Lipinski definition) is 2. The first-order valence-corrected chi connectivity index (χ1v) is 10.6. The quantitative estimate of drug-likeness (QED) is 0.795. The van der Waals surface area contributed by atoms with Crippen molar-refractivity contribution in [1.82, 2.24) is 4.72 Å². The van der Waals surface area contributed by atoms with Crippen LogP contribution in [-0.4, -0.2) is 32.6 Å². The fourth-order valence-electron chi connectivity index (χ4n) is 4.63. The maximum absolute atomic E-state index is 15.2. The largest absolute Gasteiger partial charge is 0.506 e. The molecule has 3 saturated carbocycles. The van der Waals surface area contributed by atoms with Gasteiger partial charge in [0.15, 0.2) is 5.82 Å². The summed E-state index contributed by atoms with van der Waals surface area (Å²) >= 11 is 0. The lowest BCUT2D eigenvalue weighted by Gasteiger charge is -2.62. The number of phenolic OH excluding ortho intramolecular Hbond substituents is 1. The molecule has 6 rings (SSSR count). The Hall–Kier alpha value is -2.55. The molecule has 0 aromatic heterocycles. The molecule has 148 valence electrons. The van der Waals surface area contributed by atoms with E-state index in [4.69, 9.17) is 4.74 Å². The van der Waals surface area contributed by atoms with E-state index < -0.39 is 39.9 Å². The molecule has 4 aliphatic rings. The number of amides is 1. The molecule has 1 saturated heterocycles. The minimum absolute atomic E-state index is 0.116. The molecule has 9 heteroatoms. The van der Waals surface area contributed by atoms with E-state index in [0.29, 0.717) is 27.5 Å². The SMILES string of the molecule is O=C1CN(c2c(O)cc3ccc(OCCC45CC(C4)C5)cc3c2F)S(=O)(=O)N1. The number of carbonyl (C=O) groups is 1. The Morgan fingerprint density at radius 2 is 2.04 bits per heavy atom. The van der Waals surface area contributed by atoms with Crippen LogP contribution in [-0.2, 0) is 15.0 Å². The van der Waals surface area contributed by atoms with Gasteiger partial charge in [0.1, 0.15) is 23.7 Å². The van der Waals surface area contributed by atoms with Gasteiger partial charge in [0.2, 0.25) is 0 Å². The Bertz CT molecular complexity index is 1100. The van der Waals surface area contributed by atoms with E-state index in [0.717, 1.165) is 12.3 Å². The molecule has 28 heavy (non-hydrogen) atoms. The van der Waals surface area contributed by atoms with Crippen LogP contribution in [0.2, 0.25) is 0 Å². The molecule has 0 radical (unpaired) electrons. The molecule has 1 aliphatic heterocycles. The van der Waals surface area contributed by atoms with Crippen LogP contribution < -0.4 is 13.8 Å². The summed E-state index contributed by atoms with van der Waals surface area (Å²) in [6.45, 7) is -0.0404. The molecule has 0 unspecified atom stereocenters. The molecular formula is C19H19FN2O5S. The second-order valence-electron chi connectivity index (χ2n) is 8.06. The summed E-state index contributed by atoms with van der Waals surface area (Å²) in [5.41, 5.74) is -0.0908. The highest BCUT2D eigenvalue weighted by molar-refractivity contribution is 7.92. The van der Waals surface area contributed by atoms with Crippen molar-refractivity contribution in [3.63, 3.8) is 0 Å². The number of ether oxygens (including phenoxy) is 1. The summed E-state index contributed by atoms with van der Waals surface area (Å²) in [7, 11) is -4.23. The monoisotopic (exact) mass is 406 g/mol. The number of nitrogens with zero attached hydrogens (tertiary/aromatic N) is 1. The fraction of sp³-hybridized carbons (Fsp3) is 0.421. The topological polar surface area (TPSA) is 95.9 Å². The second kappa shape index (κ2) is 5.73. The molecule has 7 nitrogen and oxygen atoms in total. The van der Waals surface area contributed by atoms with Gasteiger partial charge < -0.3 is 9.84 Å². The lowest BCUT2D eigenvalue weighted by molar-refractivity contribution is -0.117. The Labute approximate surface area is 161 Å². The molecular weight excluding hydrogens is 387 g/mol. The van der Waals surface area contributed by atoms with E-state index in [1.54, 1.807) is 16.9 Å². The highest BCUT2D eigenvalue weighted by Gasteiger charge is 2.55. The summed E-state index contributed by atoms with van der Waals surface area (Å²) in [4.78, 5) is 11.5. The third-order valence-electron chi connectivity index (χ3n) is 6.14. The highest BCUT2D eigenvalue weighted by atomic mass is 32.2. The summed E-state index contributed by atoms with van der Waals surface area (Å²) in [6, 6.07) is 6.08. The Morgan fingerprint density at radius 1 is 1.29 bits per heavy atom. The van der Waals surface area contributed by atoms with E-state index in [1.807, 2.05) is 0 Å². The van der Waals surface area contributed by atoms with Gasteiger partial charge in [0.25, 0.3) is 5.91 Å². The third kappa shape index (κ3) is 2.60. The van der Waals surface area contributed by atoms with Gasteiger partial charge in [-0.15, -0.1) is 0 Å². The summed E-state index contributed by atoms with van der Waals surface area (Å²) in [5.74, 6) is -0.871. The molecule has 1 amide bonds. The van der Waals surface area contributed by atoms with E-state index in [9.17, 15) is 18.3 Å². The van der Waals surface area contributed by atoms with Crippen LogP contribution in [0.15, 0.2) is 24.3 Å². The predicted molar refractivity (Wildman–Crippen MR) is 99.9 cm³/mol. The number of benzene rings is 2. The van der Waals surface area contributed by atoms with Crippen LogP contribution >= 0.6 is 0 Å². The average Bonchev–Trinajstić information content (AvgIpc) is 2.81. The molecule has 0 spiro atoms. The first-order chi connectivity index (χ1) is 13.3. The van der Waals surface area contributed by atoms with Crippen molar-refractivity contribution in [1.29, 1.82) is 0 Å². The molecule has 2 N–H and O–H groups in total. The fourth-order valence-corrected chi connectivity index (χ4v) is 5.79. The molecule has 3 aliphatic carbocycles. The predicted octanol–water partition coefficient (Wildman–Crippen LogP) is 2.43. The van der Waals surface area contributed by atoms with E-state index in [-0.39, 0.29) is 5.39 Å². The number of phenols is 1. The number of hydrogen-bond acceptors (Lipinski definition) is 5. The van der Waals surface area contributed by atoms with Crippen molar-refractivity contribution in [3.8, 4) is 11.5 Å². The Balaban J connectivity index is 1.45. The lowest BCUT2D eigenvalue weighted by atomic mass is 9.43. The van der Waals surface area contributed by atoms with Crippen LogP contribution in [0.25, 0.3) is 10.8 Å². The summed E-state index contributed by atoms with van der Waals surface area (Å²) < 4.78 is 47.3. The number of halogens is 1. The highest BCUT2D eigenvalue weighted by Crippen LogP contribution is 2.66. The van der Waals surface area contributed by atoms with Crippen molar-refractivity contribution in [2.45, 2.75) is 25.7 Å². The number of aromatic hydroxyl groups is 1. The van der Waals surface area contributed by atoms with Crippen molar-refractivity contribution in [2.24, 2.45) is 11.3 Å². The zero-order valence-corrected chi connectivity index (χ0v) is 15.8. The van der Waals surface area contributed by atoms with E-state index in [1.165, 1.54) is 31.4 Å². The van der Waals surface area contributed by atoms with Crippen LogP contribution in [0.4, 0.5) is 10.1 Å². The zero-order valence-electron chi connectivity index (χ0n) is 14.9. The van der Waals surface area contributed by atoms with Gasteiger partial charge in [-0.2, -0.15) is 8.42 Å². The van der Waals surface area contributed by atoms with Gasteiger partial charge in [0.05, 0.1) is 6.61 Å². The third-order valence-corrected chi connectivity index (χ3v) is 7.52. The number of rotatable bonds is 5. The van der Waals surface area contributed by atoms with Crippen LogP contribution in [0.5, 0.6) is 11.5 Å². The first-order valence-electron chi connectivity index (χ1n) is 9.18. The lowest BCUT2D eigenvalue weighted by Crippen LogP contribution is -2.52. The van der Waals surface area contributed by atoms with Crippen LogP contribution in [0.3, 0.4) is 0 Å². The Kier molecular flexibility index (Phi) is 3.59. The Morgan fingerprint density at radius 3 is 2.64 bits per heavy atom. The van der Waals surface area contributed by atoms with Gasteiger partial charge in [0, 0.05) is 5.39 Å². The van der Waals surface area contributed by atoms with Gasteiger partial charge in [-0.25, -0.2) is 13.4 Å². The maximum Gasteiger partial charge on any atom is 0.326 e. The smallest absolute Gasteiger partial charge is 0.326 e. The minimum atomic E-state index is -4.23. The number of anilines is 1. The van der Waals surface area contributed by atoms with Gasteiger partial charge in [-0.3, -0.25) is 4.79 Å². The first kappa shape index (κ1) is 17.5. The van der Waals surface area contributed by atoms with Crippen LogP contribution in [0.1, 0.15) is 25.7 Å². The molecule has 1 heterocycles. The van der Waals surface area contributed by atoms with Crippen molar-refractivity contribution in [2.75, 3.05) is 17.5 Å². The molecule has 0 atom stereocenters. The molecule has 2 aromatic rings. The summed E-state index contributed by atoms with van der Waals surface area (Å²) in [6.07, 6.45) is 4.82. The molecule has 4 fully saturated rings. The normalized spacial score (nSPS) is 27.2. The standard InChI is InChI=1S/C19H19FN2O5S/c20-17-14-6-13(27-4-3-19-7-11(8-19)9-19)2-1-12(14)5-15(23)18(17)22-10-16(24)21-28(22,25)26/h1-2,5-6,11,23H,3-4,7-10H2,(H,21,24). The van der Waals surface area contributed by atoms with Gasteiger partial charge in [-0.1, -0.05) is 6.07 Å². The van der Waals surface area contributed by atoms with Gasteiger partial charge >= 0.3 is 10.2 Å². The molecule has 2 bridgehead atoms. The average molecular weight is 406 g/mol. The van der Waals surface area contributed by atoms with Crippen molar-refractivity contribution >= 4 is 32.6 Å². The second-order valence-corrected chi connectivity index (χ2v) is 9.65. The summed E-state index contributed by atoms with van der Waals surface area (Å²) in [5, 5.41) is 10.7. The van der Waals surface area contributed by atoms with E-state index in [2.05, 4.69) is 0 Å².